The average Bonchev–Trinajstić information content (AvgIpc) is 3.12. The van der Waals surface area contributed by atoms with Gasteiger partial charge in [0.2, 0.25) is 5.91 Å². The Labute approximate surface area is 156 Å². The first kappa shape index (κ1) is 18.7. The van der Waals surface area contributed by atoms with Gasteiger partial charge in [-0.05, 0) is 12.1 Å². The second-order valence-corrected chi connectivity index (χ2v) is 6.71. The highest BCUT2D eigenvalue weighted by atomic mass is 35.5. The molecule has 1 fully saturated rings. The minimum absolute atomic E-state index is 0.0528. The van der Waals surface area contributed by atoms with Crippen LogP contribution in [0.2, 0.25) is 5.02 Å². The number of halogens is 4. The van der Waals surface area contributed by atoms with E-state index < -0.39 is 11.7 Å². The molecule has 0 bridgehead atoms. The number of pyridine rings is 1. The Balaban J connectivity index is 1.61. The van der Waals surface area contributed by atoms with E-state index in [1.807, 2.05) is 5.38 Å². The summed E-state index contributed by atoms with van der Waals surface area (Å²) in [4.78, 5) is 23.6. The van der Waals surface area contributed by atoms with Crippen molar-refractivity contribution in [3.05, 3.63) is 45.5 Å². The Morgan fingerprint density at radius 3 is 2.54 bits per heavy atom. The van der Waals surface area contributed by atoms with Crippen LogP contribution < -0.4 is 4.90 Å². The third-order valence-corrected chi connectivity index (χ3v) is 4.77. The van der Waals surface area contributed by atoms with Gasteiger partial charge in [-0.3, -0.25) is 4.79 Å². The zero-order valence-corrected chi connectivity index (χ0v) is 15.0. The second-order valence-electron chi connectivity index (χ2n) is 5.59. The largest absolute Gasteiger partial charge is 0.417 e. The highest BCUT2D eigenvalue weighted by Crippen LogP contribution is 2.33. The normalized spacial score (nSPS) is 15.7. The van der Waals surface area contributed by atoms with Crippen molar-refractivity contribution < 1.29 is 18.0 Å². The summed E-state index contributed by atoms with van der Waals surface area (Å²) < 4.78 is 38.1. The average molecular weight is 403 g/mol. The molecule has 26 heavy (non-hydrogen) atoms. The van der Waals surface area contributed by atoms with Gasteiger partial charge in [0, 0.05) is 43.8 Å². The molecule has 138 valence electrons. The molecular weight excluding hydrogens is 389 g/mol. The van der Waals surface area contributed by atoms with Crippen LogP contribution in [-0.2, 0) is 11.0 Å². The second kappa shape index (κ2) is 7.63. The lowest BCUT2D eigenvalue weighted by Crippen LogP contribution is -2.48. The number of hydrogen-bond acceptors (Lipinski definition) is 5. The Bertz CT molecular complexity index is 802. The van der Waals surface area contributed by atoms with Crippen LogP contribution in [0.15, 0.2) is 29.2 Å². The van der Waals surface area contributed by atoms with Crippen LogP contribution in [0, 0.1) is 0 Å². The summed E-state index contributed by atoms with van der Waals surface area (Å²) in [6.07, 6.45) is -0.590. The summed E-state index contributed by atoms with van der Waals surface area (Å²) in [6.45, 7) is 1.74. The fourth-order valence-corrected chi connectivity index (χ4v) is 3.33. The van der Waals surface area contributed by atoms with Gasteiger partial charge in [-0.1, -0.05) is 11.6 Å². The number of piperazine rings is 1. The topological polar surface area (TPSA) is 49.3 Å². The molecule has 1 amide bonds. The van der Waals surface area contributed by atoms with E-state index >= 15 is 0 Å². The molecular formula is C16H14ClF3N4OS. The molecule has 0 N–H and O–H groups in total. The van der Waals surface area contributed by atoms with E-state index in [0.29, 0.717) is 32.0 Å². The maximum absolute atomic E-state index is 12.7. The predicted octanol–water partition coefficient (Wildman–Crippen LogP) is 3.57. The molecule has 0 aliphatic carbocycles. The van der Waals surface area contributed by atoms with E-state index in [1.165, 1.54) is 17.4 Å². The first-order chi connectivity index (χ1) is 12.3. The van der Waals surface area contributed by atoms with Gasteiger partial charge in [0.25, 0.3) is 0 Å². The Morgan fingerprint density at radius 1 is 1.23 bits per heavy atom. The quantitative estimate of drug-likeness (QED) is 0.736. The van der Waals surface area contributed by atoms with Crippen molar-refractivity contribution in [1.29, 1.82) is 0 Å². The third-order valence-electron chi connectivity index (χ3n) is 3.89. The lowest BCUT2D eigenvalue weighted by atomic mass is 10.2. The molecule has 3 rings (SSSR count). The van der Waals surface area contributed by atoms with Crippen molar-refractivity contribution in [2.24, 2.45) is 0 Å². The Kier molecular flexibility index (Phi) is 5.47. The van der Waals surface area contributed by atoms with Crippen LogP contribution in [0.1, 0.15) is 11.3 Å². The van der Waals surface area contributed by atoms with E-state index in [2.05, 4.69) is 9.97 Å². The van der Waals surface area contributed by atoms with Crippen LogP contribution in [0.25, 0.3) is 6.08 Å². The monoisotopic (exact) mass is 402 g/mol. The molecule has 0 spiro atoms. The van der Waals surface area contributed by atoms with Gasteiger partial charge in [-0.2, -0.15) is 13.2 Å². The van der Waals surface area contributed by atoms with Crippen molar-refractivity contribution in [3.63, 3.8) is 0 Å². The number of thiazole rings is 1. The number of rotatable bonds is 3. The van der Waals surface area contributed by atoms with Gasteiger partial charge in [-0.15, -0.1) is 11.3 Å². The van der Waals surface area contributed by atoms with Crippen LogP contribution in [0.5, 0.6) is 0 Å². The van der Waals surface area contributed by atoms with Gasteiger partial charge in [-0.25, -0.2) is 9.97 Å². The number of anilines is 1. The van der Waals surface area contributed by atoms with Crippen molar-refractivity contribution in [2.75, 3.05) is 31.1 Å². The van der Waals surface area contributed by atoms with Crippen molar-refractivity contribution in [2.45, 2.75) is 6.18 Å². The minimum Gasteiger partial charge on any atom is -0.352 e. The first-order valence-corrected chi connectivity index (χ1v) is 8.99. The van der Waals surface area contributed by atoms with Crippen molar-refractivity contribution in [3.8, 4) is 0 Å². The molecule has 0 radical (unpaired) electrons. The number of alkyl halides is 3. The predicted molar refractivity (Wildman–Crippen MR) is 94.2 cm³/mol. The molecule has 0 unspecified atom stereocenters. The number of carbonyl (C=O) groups is 1. The third kappa shape index (κ3) is 4.34. The standard InChI is InChI=1S/C16H14ClF3N4OS/c17-13-7-11(16(18,19)20)8-21-15(13)24-5-3-23(4-6-24)14(25)2-1-12-9-26-10-22-12/h1-2,7-10H,3-6H2/b2-1+. The number of carbonyl (C=O) groups excluding carboxylic acids is 1. The maximum atomic E-state index is 12.7. The lowest BCUT2D eigenvalue weighted by Gasteiger charge is -2.35. The summed E-state index contributed by atoms with van der Waals surface area (Å²) >= 11 is 7.42. The zero-order valence-electron chi connectivity index (χ0n) is 13.4. The van der Waals surface area contributed by atoms with E-state index in [9.17, 15) is 18.0 Å². The van der Waals surface area contributed by atoms with Gasteiger partial charge >= 0.3 is 6.18 Å². The van der Waals surface area contributed by atoms with Crippen molar-refractivity contribution in [1.82, 2.24) is 14.9 Å². The Morgan fingerprint density at radius 2 is 1.96 bits per heavy atom. The molecule has 1 aliphatic heterocycles. The Hall–Kier alpha value is -2.13. The zero-order chi connectivity index (χ0) is 18.7. The van der Waals surface area contributed by atoms with Gasteiger partial charge in [0.15, 0.2) is 0 Å². The molecule has 10 heteroatoms. The number of aromatic nitrogens is 2. The van der Waals surface area contributed by atoms with Gasteiger partial charge in [0.05, 0.1) is 21.8 Å². The summed E-state index contributed by atoms with van der Waals surface area (Å²) in [5.74, 6) is 0.161. The fraction of sp³-hybridized carbons (Fsp3) is 0.312. The van der Waals surface area contributed by atoms with E-state index in [0.717, 1.165) is 18.0 Å². The van der Waals surface area contributed by atoms with Crippen LogP contribution in [-0.4, -0.2) is 47.0 Å². The van der Waals surface area contributed by atoms with E-state index in [-0.39, 0.29) is 10.9 Å². The molecule has 2 aromatic heterocycles. The highest BCUT2D eigenvalue weighted by molar-refractivity contribution is 7.07. The van der Waals surface area contributed by atoms with Crippen LogP contribution in [0.4, 0.5) is 19.0 Å². The smallest absolute Gasteiger partial charge is 0.352 e. The van der Waals surface area contributed by atoms with Crippen molar-refractivity contribution >= 4 is 40.7 Å². The molecule has 1 saturated heterocycles. The SMILES string of the molecule is O=C(/C=C/c1cscn1)N1CCN(c2ncc(C(F)(F)F)cc2Cl)CC1. The van der Waals surface area contributed by atoms with E-state index in [1.54, 1.807) is 21.4 Å². The molecule has 1 aliphatic rings. The fourth-order valence-electron chi connectivity index (χ4n) is 2.52. The minimum atomic E-state index is -4.48. The first-order valence-electron chi connectivity index (χ1n) is 7.67. The van der Waals surface area contributed by atoms with E-state index in [4.69, 9.17) is 11.6 Å². The lowest BCUT2D eigenvalue weighted by molar-refractivity contribution is -0.137. The highest BCUT2D eigenvalue weighted by Gasteiger charge is 2.32. The summed E-state index contributed by atoms with van der Waals surface area (Å²) in [5.41, 5.74) is 1.53. The molecule has 0 aromatic carbocycles. The molecule has 5 nitrogen and oxygen atoms in total. The summed E-state index contributed by atoms with van der Waals surface area (Å²) in [7, 11) is 0. The summed E-state index contributed by atoms with van der Waals surface area (Å²) in [5, 5.41) is 1.78. The number of amides is 1. The van der Waals surface area contributed by atoms with Crippen LogP contribution >= 0.6 is 22.9 Å². The maximum Gasteiger partial charge on any atom is 0.417 e. The van der Waals surface area contributed by atoms with Gasteiger partial charge < -0.3 is 9.80 Å². The summed E-state index contributed by atoms with van der Waals surface area (Å²) in [6, 6.07) is 0.873. The number of nitrogens with zero attached hydrogens (tertiary/aromatic N) is 4. The molecule has 0 atom stereocenters. The molecule has 0 saturated carbocycles. The van der Waals surface area contributed by atoms with Crippen LogP contribution in [0.3, 0.4) is 0 Å². The molecule has 3 heterocycles. The van der Waals surface area contributed by atoms with Gasteiger partial charge in [0.1, 0.15) is 5.82 Å². The number of hydrogen-bond donors (Lipinski definition) is 0. The molecule has 2 aromatic rings.